The van der Waals surface area contributed by atoms with Crippen molar-refractivity contribution >= 4 is 5.78 Å². The van der Waals surface area contributed by atoms with Crippen LogP contribution in [0.15, 0.2) is 30.3 Å². The lowest BCUT2D eigenvalue weighted by molar-refractivity contribution is -0.146. The Hall–Kier alpha value is -2.13. The second-order valence-corrected chi connectivity index (χ2v) is 9.43. The van der Waals surface area contributed by atoms with E-state index in [2.05, 4.69) is 12.1 Å². The highest BCUT2D eigenvalue weighted by Gasteiger charge is 2.72. The van der Waals surface area contributed by atoms with Gasteiger partial charge in [-0.3, -0.25) is 4.79 Å². The van der Waals surface area contributed by atoms with Crippen LogP contribution in [-0.4, -0.2) is 5.78 Å². The Labute approximate surface area is 155 Å². The maximum absolute atomic E-state index is 13.7. The zero-order valence-electron chi connectivity index (χ0n) is 15.0. The molecule has 26 heavy (non-hydrogen) atoms. The van der Waals surface area contributed by atoms with Gasteiger partial charge in [0, 0.05) is 11.3 Å². The third-order valence-corrected chi connectivity index (χ3v) is 7.88. The monoisotopic (exact) mass is 344 g/mol. The quantitative estimate of drug-likeness (QED) is 0.818. The minimum Gasteiger partial charge on any atom is -0.299 e. The summed E-state index contributed by atoms with van der Waals surface area (Å²) in [6.45, 7) is 0. The molecule has 6 rings (SSSR count). The first-order valence-electron chi connectivity index (χ1n) is 10.0. The van der Waals surface area contributed by atoms with Crippen LogP contribution in [0.4, 0.5) is 0 Å². The van der Waals surface area contributed by atoms with E-state index in [1.165, 1.54) is 19.3 Å². The number of nitriles is 2. The van der Waals surface area contributed by atoms with Crippen molar-refractivity contribution in [3.05, 3.63) is 35.9 Å². The number of Topliss-reactive ketones (excluding diaryl/α,β-unsaturated/α-hetero) is 1. The van der Waals surface area contributed by atoms with E-state index in [9.17, 15) is 15.3 Å². The highest BCUT2D eigenvalue weighted by atomic mass is 16.1. The molecule has 132 valence electrons. The van der Waals surface area contributed by atoms with Crippen molar-refractivity contribution in [2.75, 3.05) is 0 Å². The van der Waals surface area contributed by atoms with Crippen LogP contribution >= 0.6 is 0 Å². The summed E-state index contributed by atoms with van der Waals surface area (Å²) in [7, 11) is 0. The molecule has 3 heteroatoms. The number of carbonyl (C=O) groups excluding carboxylic acids is 1. The summed E-state index contributed by atoms with van der Waals surface area (Å²) < 4.78 is 0. The van der Waals surface area contributed by atoms with Crippen molar-refractivity contribution in [2.24, 2.45) is 40.4 Å². The maximum Gasteiger partial charge on any atom is 0.157 e. The van der Waals surface area contributed by atoms with Crippen LogP contribution in [-0.2, 0) is 11.2 Å². The summed E-state index contributed by atoms with van der Waals surface area (Å²) in [5.41, 5.74) is -0.201. The van der Waals surface area contributed by atoms with Crippen molar-refractivity contribution in [1.82, 2.24) is 0 Å². The Balaban J connectivity index is 1.44. The molecule has 5 saturated carbocycles. The first-order chi connectivity index (χ1) is 12.6. The van der Waals surface area contributed by atoms with Gasteiger partial charge in [0.25, 0.3) is 0 Å². The summed E-state index contributed by atoms with van der Waals surface area (Å²) >= 11 is 0. The lowest BCUT2D eigenvalue weighted by Crippen LogP contribution is -2.50. The Morgan fingerprint density at radius 3 is 2.00 bits per heavy atom. The lowest BCUT2D eigenvalue weighted by Gasteiger charge is -2.56. The SMILES string of the molecule is N#CC1(C#N)[C@H](C(=O)C23CC4CC(CC(C4)C2)C3)[C@@H]1Cc1ccccc1. The third-order valence-electron chi connectivity index (χ3n) is 7.88. The molecule has 4 bridgehead atoms. The van der Waals surface area contributed by atoms with Crippen LogP contribution in [0.2, 0.25) is 0 Å². The van der Waals surface area contributed by atoms with E-state index in [0.717, 1.165) is 24.8 Å². The highest BCUT2D eigenvalue weighted by Crippen LogP contribution is 2.67. The van der Waals surface area contributed by atoms with E-state index in [1.54, 1.807) is 0 Å². The average Bonchev–Trinajstić information content (AvgIpc) is 3.27. The molecule has 3 nitrogen and oxygen atoms in total. The fourth-order valence-electron chi connectivity index (χ4n) is 7.07. The second kappa shape index (κ2) is 5.43. The lowest BCUT2D eigenvalue weighted by atomic mass is 9.48. The number of hydrogen-bond acceptors (Lipinski definition) is 3. The van der Waals surface area contributed by atoms with Crippen LogP contribution in [0.5, 0.6) is 0 Å². The Morgan fingerprint density at radius 1 is 0.962 bits per heavy atom. The van der Waals surface area contributed by atoms with Crippen LogP contribution in [0, 0.1) is 63.1 Å². The van der Waals surface area contributed by atoms with E-state index in [4.69, 9.17) is 0 Å². The molecule has 0 spiro atoms. The largest absolute Gasteiger partial charge is 0.299 e. The third kappa shape index (κ3) is 2.13. The number of nitrogens with zero attached hydrogens (tertiary/aromatic N) is 2. The van der Waals surface area contributed by atoms with Crippen molar-refractivity contribution in [2.45, 2.75) is 44.9 Å². The standard InChI is InChI=1S/C23H24N2O/c24-13-23(14-25)19(9-15-4-2-1-3-5-15)20(23)21(26)22-10-16-6-17(11-22)8-18(7-16)12-22/h1-5,16-20H,6-12H2/t16?,17?,18?,19-,20-,22?/m0/s1. The van der Waals surface area contributed by atoms with Gasteiger partial charge < -0.3 is 0 Å². The molecule has 0 aliphatic heterocycles. The summed E-state index contributed by atoms with van der Waals surface area (Å²) in [6.07, 6.45) is 7.59. The molecule has 5 aliphatic carbocycles. The van der Waals surface area contributed by atoms with E-state index in [-0.39, 0.29) is 23.0 Å². The fourth-order valence-corrected chi connectivity index (χ4v) is 7.07. The van der Waals surface area contributed by atoms with Crippen molar-refractivity contribution < 1.29 is 4.79 Å². The van der Waals surface area contributed by atoms with E-state index < -0.39 is 5.41 Å². The van der Waals surface area contributed by atoms with Crippen molar-refractivity contribution in [3.8, 4) is 12.1 Å². The summed E-state index contributed by atoms with van der Waals surface area (Å²) in [6, 6.07) is 14.5. The van der Waals surface area contributed by atoms with Gasteiger partial charge in [0.2, 0.25) is 0 Å². The number of hydrogen-bond donors (Lipinski definition) is 0. The van der Waals surface area contributed by atoms with Gasteiger partial charge in [-0.1, -0.05) is 30.3 Å². The molecule has 1 aromatic rings. The van der Waals surface area contributed by atoms with Crippen molar-refractivity contribution in [1.29, 1.82) is 10.5 Å². The fraction of sp³-hybridized carbons (Fsp3) is 0.609. The molecule has 0 amide bonds. The highest BCUT2D eigenvalue weighted by molar-refractivity contribution is 5.92. The van der Waals surface area contributed by atoms with Gasteiger partial charge in [-0.2, -0.15) is 10.5 Å². The molecular formula is C23H24N2O. The van der Waals surface area contributed by atoms with Crippen LogP contribution < -0.4 is 0 Å². The van der Waals surface area contributed by atoms with Gasteiger partial charge in [-0.05, 0) is 68.3 Å². The number of rotatable bonds is 4. The molecule has 1 aromatic carbocycles. The Kier molecular flexibility index (Phi) is 3.36. The Bertz CT molecular complexity index is 779. The maximum atomic E-state index is 13.7. The van der Waals surface area contributed by atoms with Crippen LogP contribution in [0.25, 0.3) is 0 Å². The predicted octanol–water partition coefficient (Wildman–Crippen LogP) is 4.29. The van der Waals surface area contributed by atoms with Gasteiger partial charge in [0.05, 0.1) is 18.1 Å². The minimum atomic E-state index is -1.10. The Morgan fingerprint density at radius 2 is 1.50 bits per heavy atom. The predicted molar refractivity (Wildman–Crippen MR) is 96.4 cm³/mol. The molecule has 2 atom stereocenters. The molecule has 0 aromatic heterocycles. The topological polar surface area (TPSA) is 64.7 Å². The van der Waals surface area contributed by atoms with Gasteiger partial charge >= 0.3 is 0 Å². The van der Waals surface area contributed by atoms with E-state index in [1.807, 2.05) is 30.3 Å². The average molecular weight is 344 g/mol. The minimum absolute atomic E-state index is 0.139. The van der Waals surface area contributed by atoms with Gasteiger partial charge in [-0.25, -0.2) is 0 Å². The smallest absolute Gasteiger partial charge is 0.157 e. The second-order valence-electron chi connectivity index (χ2n) is 9.43. The summed E-state index contributed by atoms with van der Waals surface area (Å²) in [4.78, 5) is 13.7. The first kappa shape index (κ1) is 16.1. The normalized spacial score (nSPS) is 41.2. The molecule has 0 saturated heterocycles. The number of carbonyl (C=O) groups is 1. The molecule has 0 heterocycles. The molecule has 0 radical (unpaired) electrons. The van der Waals surface area contributed by atoms with Crippen molar-refractivity contribution in [3.63, 3.8) is 0 Å². The molecule has 0 N–H and O–H groups in total. The van der Waals surface area contributed by atoms with Crippen LogP contribution in [0.1, 0.15) is 44.1 Å². The molecular weight excluding hydrogens is 320 g/mol. The van der Waals surface area contributed by atoms with Gasteiger partial charge in [0.15, 0.2) is 5.41 Å². The zero-order valence-corrected chi connectivity index (χ0v) is 15.0. The van der Waals surface area contributed by atoms with E-state index >= 15 is 0 Å². The zero-order chi connectivity index (χ0) is 17.9. The first-order valence-corrected chi connectivity index (χ1v) is 10.0. The number of benzene rings is 1. The molecule has 5 fully saturated rings. The van der Waals surface area contributed by atoms with E-state index in [0.29, 0.717) is 24.2 Å². The molecule has 0 unspecified atom stereocenters. The summed E-state index contributed by atoms with van der Waals surface area (Å²) in [5.74, 6) is 1.86. The number of ketones is 1. The molecule has 5 aliphatic rings. The van der Waals surface area contributed by atoms with Gasteiger partial charge in [0.1, 0.15) is 5.78 Å². The van der Waals surface area contributed by atoms with Gasteiger partial charge in [-0.15, -0.1) is 0 Å². The summed E-state index contributed by atoms with van der Waals surface area (Å²) in [5, 5.41) is 19.6. The van der Waals surface area contributed by atoms with Crippen LogP contribution in [0.3, 0.4) is 0 Å².